The molecule has 9 nitrogen and oxygen atoms in total. The van der Waals surface area contributed by atoms with E-state index in [4.69, 9.17) is 0 Å². The fraction of sp³-hybridized carbons (Fsp3) is 0.263. The van der Waals surface area contributed by atoms with Gasteiger partial charge in [0.15, 0.2) is 22.1 Å². The number of unbranched alkanes of at least 4 members (excludes halogenated alkanes) is 1. The lowest BCUT2D eigenvalue weighted by Gasteiger charge is -2.17. The van der Waals surface area contributed by atoms with Gasteiger partial charge >= 0.3 is 5.66 Å². The van der Waals surface area contributed by atoms with Crippen molar-refractivity contribution in [3.8, 4) is 34.6 Å². The lowest BCUT2D eigenvalue weighted by atomic mass is 9.94. The van der Waals surface area contributed by atoms with Crippen molar-refractivity contribution >= 4 is 32.2 Å². The number of hydrogen-bond acceptors (Lipinski definition) is 4. The number of hydrogen-bond donors (Lipinski definition) is 3. The molecule has 0 aliphatic carbocycles. The molecule has 2 aromatic heterocycles. The highest BCUT2D eigenvalue weighted by atomic mass is 32.2. The van der Waals surface area contributed by atoms with Crippen LogP contribution in [0.25, 0.3) is 44.8 Å². The van der Waals surface area contributed by atoms with Gasteiger partial charge in [-0.1, -0.05) is 55.7 Å². The molecule has 2 aliphatic rings. The second-order valence-electron chi connectivity index (χ2n) is 12.6. The predicted molar refractivity (Wildman–Crippen MR) is 182 cm³/mol. The van der Waals surface area contributed by atoms with Crippen LogP contribution in [0, 0.1) is 11.8 Å². The summed E-state index contributed by atoms with van der Waals surface area (Å²) in [6.07, 6.45) is 2.31. The van der Waals surface area contributed by atoms with Gasteiger partial charge in [0, 0.05) is 17.9 Å². The Labute approximate surface area is 278 Å². The highest BCUT2D eigenvalue weighted by Crippen LogP contribution is 2.55. The lowest BCUT2D eigenvalue weighted by Crippen LogP contribution is -2.40. The number of rotatable bonds is 9. The topological polar surface area (TPSA) is 112 Å². The van der Waals surface area contributed by atoms with Gasteiger partial charge in [-0.05, 0) is 66.1 Å². The van der Waals surface area contributed by atoms with E-state index in [9.17, 15) is 23.2 Å². The average Bonchev–Trinajstić information content (AvgIpc) is 3.78. The second kappa shape index (κ2) is 11.4. The molecule has 2 aliphatic heterocycles. The molecule has 10 heteroatoms. The van der Waals surface area contributed by atoms with Crippen LogP contribution in [-0.2, 0) is 42.1 Å². The first kappa shape index (κ1) is 30.5. The molecule has 3 N–H and O–H groups in total. The maximum atomic E-state index is 11.7. The molecule has 0 bridgehead atoms. The van der Waals surface area contributed by atoms with E-state index in [-0.39, 0.29) is 25.4 Å². The van der Waals surface area contributed by atoms with E-state index in [0.717, 1.165) is 69.8 Å². The van der Waals surface area contributed by atoms with Crippen molar-refractivity contribution in [2.45, 2.75) is 58.2 Å². The quantitative estimate of drug-likeness (QED) is 0.120. The van der Waals surface area contributed by atoms with Crippen LogP contribution in [-0.4, -0.2) is 38.1 Å². The molecule has 4 aromatic carbocycles. The molecule has 0 fully saturated rings. The number of para-hydroxylation sites is 4. The number of fused-ring (bicyclic) bond motifs is 10. The monoisotopic (exact) mass is 660 g/mol. The standard InChI is InChI=1S/C38H35N4O5S/c1-2-3-18-39-31-12-4-6-14-33(31)41-36(39)29-10-8-11-30-35(29)38(41,17-16-26-21-27(24-43)23-28(22-26)25-44)42-34-15-7-5-13-32(34)40(37(30)42)19-9-20-48(45,46)47/h4-8,10-15,21-23,43-44H,2-3,9,18-20,24-25H2,1H3/q+1/p+1. The third kappa shape index (κ3) is 4.46. The summed E-state index contributed by atoms with van der Waals surface area (Å²) in [6, 6.07) is 28.4. The first-order valence-electron chi connectivity index (χ1n) is 16.4. The molecule has 0 saturated carbocycles. The summed E-state index contributed by atoms with van der Waals surface area (Å²) in [5.74, 6) is 8.94. The summed E-state index contributed by atoms with van der Waals surface area (Å²) in [6.45, 7) is 3.09. The molecular weight excluding hydrogens is 625 g/mol. The highest BCUT2D eigenvalue weighted by molar-refractivity contribution is 7.85. The Kier molecular flexibility index (Phi) is 7.27. The van der Waals surface area contributed by atoms with Crippen LogP contribution in [0.1, 0.15) is 48.4 Å². The van der Waals surface area contributed by atoms with Crippen molar-refractivity contribution in [2.24, 2.45) is 0 Å². The van der Waals surface area contributed by atoms with Crippen molar-refractivity contribution in [3.63, 3.8) is 0 Å². The molecular formula is C38H36N4O5S+2. The number of benzene rings is 4. The zero-order chi connectivity index (χ0) is 33.2. The van der Waals surface area contributed by atoms with E-state index in [1.54, 1.807) is 6.07 Å². The lowest BCUT2D eigenvalue weighted by molar-refractivity contribution is -0.661. The second-order valence-corrected chi connectivity index (χ2v) is 14.2. The molecule has 0 spiro atoms. The fourth-order valence-electron chi connectivity index (χ4n) is 7.80. The maximum Gasteiger partial charge on any atom is 0.346 e. The molecule has 1 unspecified atom stereocenters. The van der Waals surface area contributed by atoms with Crippen molar-refractivity contribution in [1.82, 2.24) is 9.13 Å². The number of imidazole rings is 2. The number of aliphatic hydroxyl groups excluding tert-OH is 2. The van der Waals surface area contributed by atoms with Gasteiger partial charge in [0.25, 0.3) is 21.8 Å². The minimum Gasteiger partial charge on any atom is -0.392 e. The molecule has 4 heterocycles. The van der Waals surface area contributed by atoms with Crippen LogP contribution in [0.15, 0.2) is 84.9 Å². The first-order chi connectivity index (χ1) is 23.3. The normalized spacial score (nSPS) is 15.8. The van der Waals surface area contributed by atoms with Crippen LogP contribution < -0.4 is 9.13 Å². The summed E-state index contributed by atoms with van der Waals surface area (Å²) in [5.41, 5.74) is 8.24. The Morgan fingerprint density at radius 2 is 1.29 bits per heavy atom. The van der Waals surface area contributed by atoms with Crippen LogP contribution >= 0.6 is 0 Å². The minimum atomic E-state index is -4.13. The van der Waals surface area contributed by atoms with Gasteiger partial charge in [-0.2, -0.15) is 17.6 Å². The summed E-state index contributed by atoms with van der Waals surface area (Å²) in [7, 11) is -4.13. The van der Waals surface area contributed by atoms with Crippen LogP contribution in [0.5, 0.6) is 0 Å². The molecule has 242 valence electrons. The molecule has 8 rings (SSSR count). The SMILES string of the molecule is CCCC[n+]1c2n(c3ccccc31)C1(C#Cc3cc(CO)cc(CO)c3)c3c-2cccc3-c2n1c1ccccc1[n+]2CCCS(=O)(=O)O. The largest absolute Gasteiger partial charge is 0.392 e. The van der Waals surface area contributed by atoms with Gasteiger partial charge in [0.2, 0.25) is 0 Å². The smallest absolute Gasteiger partial charge is 0.346 e. The van der Waals surface area contributed by atoms with Crippen LogP contribution in [0.3, 0.4) is 0 Å². The molecule has 6 aromatic rings. The number of aliphatic hydroxyl groups is 2. The van der Waals surface area contributed by atoms with Crippen molar-refractivity contribution in [1.29, 1.82) is 0 Å². The Morgan fingerprint density at radius 1 is 0.750 bits per heavy atom. The number of aryl methyl sites for hydroxylation is 2. The summed E-state index contributed by atoms with van der Waals surface area (Å²) in [4.78, 5) is 0. The number of aromatic nitrogens is 4. The third-order valence-electron chi connectivity index (χ3n) is 9.62. The van der Waals surface area contributed by atoms with Gasteiger partial charge in [0.05, 0.1) is 48.7 Å². The molecule has 0 radical (unpaired) electrons. The highest BCUT2D eigenvalue weighted by Gasteiger charge is 2.64. The van der Waals surface area contributed by atoms with E-state index >= 15 is 0 Å². The minimum absolute atomic E-state index is 0.166. The maximum absolute atomic E-state index is 11.7. The summed E-state index contributed by atoms with van der Waals surface area (Å²) >= 11 is 0. The Morgan fingerprint density at radius 3 is 1.81 bits per heavy atom. The molecule has 0 amide bonds. The van der Waals surface area contributed by atoms with E-state index in [0.29, 0.717) is 23.2 Å². The van der Waals surface area contributed by atoms with E-state index in [1.165, 1.54) is 0 Å². The molecule has 0 saturated heterocycles. The molecule has 1 atom stereocenters. The van der Waals surface area contributed by atoms with Gasteiger partial charge in [0.1, 0.15) is 0 Å². The Bertz CT molecular complexity index is 2430. The van der Waals surface area contributed by atoms with Gasteiger partial charge < -0.3 is 10.2 Å². The van der Waals surface area contributed by atoms with E-state index in [1.807, 2.05) is 30.3 Å². The van der Waals surface area contributed by atoms with Crippen molar-refractivity contribution in [2.75, 3.05) is 5.75 Å². The fourth-order valence-corrected chi connectivity index (χ4v) is 8.29. The van der Waals surface area contributed by atoms with Gasteiger partial charge in [-0.25, -0.2) is 9.13 Å². The van der Waals surface area contributed by atoms with E-state index in [2.05, 4.69) is 85.6 Å². The predicted octanol–water partition coefficient (Wildman–Crippen LogP) is 4.50. The van der Waals surface area contributed by atoms with E-state index < -0.39 is 15.8 Å². The molecule has 48 heavy (non-hydrogen) atoms. The van der Waals surface area contributed by atoms with Crippen molar-refractivity contribution in [3.05, 3.63) is 107 Å². The van der Waals surface area contributed by atoms with Crippen molar-refractivity contribution < 1.29 is 32.3 Å². The third-order valence-corrected chi connectivity index (χ3v) is 10.4. The first-order valence-corrected chi connectivity index (χ1v) is 18.0. The number of nitrogens with zero attached hydrogens (tertiary/aromatic N) is 4. The average molecular weight is 661 g/mol. The Balaban J connectivity index is 1.50. The summed E-state index contributed by atoms with van der Waals surface area (Å²) in [5, 5.41) is 20.0. The van der Waals surface area contributed by atoms with Gasteiger partial charge in [-0.15, -0.1) is 0 Å². The van der Waals surface area contributed by atoms with Crippen LogP contribution in [0.4, 0.5) is 0 Å². The zero-order valence-corrected chi connectivity index (χ0v) is 27.4. The van der Waals surface area contributed by atoms with Gasteiger partial charge in [-0.3, -0.25) is 4.55 Å². The Hall–Kier alpha value is -4.79. The van der Waals surface area contributed by atoms with Crippen LogP contribution in [0.2, 0.25) is 0 Å². The zero-order valence-electron chi connectivity index (χ0n) is 26.6. The summed E-state index contributed by atoms with van der Waals surface area (Å²) < 4.78 is 42.3.